The van der Waals surface area contributed by atoms with Crippen molar-refractivity contribution in [3.8, 4) is 0 Å². The highest BCUT2D eigenvalue weighted by Gasteiger charge is 2.69. The molecular formula is C16H27N7O6. The van der Waals surface area contributed by atoms with Gasteiger partial charge in [0.05, 0.1) is 0 Å². The van der Waals surface area contributed by atoms with Gasteiger partial charge in [-0.05, 0) is 12.8 Å². The molecule has 0 aromatic carbocycles. The van der Waals surface area contributed by atoms with E-state index in [2.05, 4.69) is 20.6 Å². The fourth-order valence-electron chi connectivity index (χ4n) is 4.04. The van der Waals surface area contributed by atoms with Crippen LogP contribution in [0.1, 0.15) is 32.1 Å². The van der Waals surface area contributed by atoms with Crippen molar-refractivity contribution in [1.29, 1.82) is 0 Å². The number of carboxylic acid groups (broad SMARTS) is 1. The fraction of sp³-hybridized carbons (Fsp3) is 0.750. The van der Waals surface area contributed by atoms with Crippen LogP contribution in [0.2, 0.25) is 0 Å². The first-order valence-electron chi connectivity index (χ1n) is 9.47. The minimum Gasteiger partial charge on any atom is -0.481 e. The number of hydrogen-bond acceptors (Lipinski definition) is 11. The van der Waals surface area contributed by atoms with Gasteiger partial charge < -0.3 is 47.1 Å². The van der Waals surface area contributed by atoms with Crippen LogP contribution in [0, 0.1) is 0 Å². The van der Waals surface area contributed by atoms with Crippen molar-refractivity contribution >= 4 is 24.0 Å². The number of guanidine groups is 2. The molecule has 1 amide bonds. The number of carboxylic acids is 1. The van der Waals surface area contributed by atoms with Gasteiger partial charge in [0.1, 0.15) is 18.7 Å². The van der Waals surface area contributed by atoms with Gasteiger partial charge in [0.2, 0.25) is 5.79 Å². The molecule has 3 atom stereocenters. The Morgan fingerprint density at radius 1 is 1.28 bits per heavy atom. The number of nitrogens with zero attached hydrogens (tertiary/aromatic N) is 3. The third-order valence-electron chi connectivity index (χ3n) is 5.41. The van der Waals surface area contributed by atoms with Gasteiger partial charge in [-0.15, -0.1) is 0 Å². The number of nitrogens with one attached hydrogen (secondary N) is 2. The number of alkyl carbamates (subject to hydrolysis) is 1. The second-order valence-electron chi connectivity index (χ2n) is 7.35. The summed E-state index contributed by atoms with van der Waals surface area (Å²) in [5.41, 5.74) is 10.3. The predicted octanol–water partition coefficient (Wildman–Crippen LogP) is -2.58. The van der Waals surface area contributed by atoms with Gasteiger partial charge >= 0.3 is 12.1 Å². The van der Waals surface area contributed by atoms with Crippen molar-refractivity contribution in [3.05, 3.63) is 0 Å². The van der Waals surface area contributed by atoms with Gasteiger partial charge in [0.25, 0.3) is 0 Å². The number of rotatable bonds is 8. The number of aliphatic imine (C=N–C) groups is 2. The molecule has 9 N–H and O–H groups in total. The van der Waals surface area contributed by atoms with E-state index in [4.69, 9.17) is 21.3 Å². The van der Waals surface area contributed by atoms with E-state index < -0.39 is 35.6 Å². The van der Waals surface area contributed by atoms with E-state index in [-0.39, 0.29) is 37.9 Å². The Hall–Kier alpha value is -2.80. The molecule has 0 aromatic heterocycles. The van der Waals surface area contributed by atoms with Crippen LogP contribution in [0.4, 0.5) is 4.79 Å². The lowest BCUT2D eigenvalue weighted by molar-refractivity contribution is -0.221. The van der Waals surface area contributed by atoms with Crippen molar-refractivity contribution in [1.82, 2.24) is 15.5 Å². The first-order valence-corrected chi connectivity index (χ1v) is 9.47. The summed E-state index contributed by atoms with van der Waals surface area (Å²) in [6, 6.07) is -1.56. The number of aliphatic hydroxyl groups is 2. The zero-order chi connectivity index (χ0) is 21.2. The van der Waals surface area contributed by atoms with Crippen molar-refractivity contribution < 1.29 is 29.6 Å². The topological polar surface area (TPSA) is 208 Å². The standard InChI is InChI=1S/C16H27N7O6/c17-12-21-11-9(8-29-14(26)19-6-3-1-2-4-10(24)25)20-13(18)23-7-5-15(27,28)16(11,23)22-12/h9,11,27-28H,1-8H2,(H2,18,20)(H,19,26)(H,24,25)(H3,17,21,22)/t9-,11-,16-/m0/s1. The number of hydrogen-bond donors (Lipinski definition) is 7. The predicted molar refractivity (Wildman–Crippen MR) is 101 cm³/mol. The first-order chi connectivity index (χ1) is 13.7. The number of nitrogens with two attached hydrogens (primary N) is 2. The summed E-state index contributed by atoms with van der Waals surface area (Å²) in [5, 5.41) is 35.1. The second-order valence-corrected chi connectivity index (χ2v) is 7.35. The molecule has 0 unspecified atom stereocenters. The molecule has 3 aliphatic heterocycles. The molecule has 1 spiro atoms. The Labute approximate surface area is 166 Å². The maximum absolute atomic E-state index is 11.9. The van der Waals surface area contributed by atoms with Gasteiger partial charge in [-0.25, -0.2) is 14.8 Å². The number of aliphatic carboxylic acids is 1. The molecule has 3 heterocycles. The second kappa shape index (κ2) is 7.91. The molecule has 0 radical (unpaired) electrons. The average molecular weight is 413 g/mol. The molecule has 13 nitrogen and oxygen atoms in total. The van der Waals surface area contributed by atoms with E-state index in [0.717, 1.165) is 0 Å². The summed E-state index contributed by atoms with van der Waals surface area (Å²) in [6.07, 6.45) is 1.29. The third-order valence-corrected chi connectivity index (χ3v) is 5.41. The number of ether oxygens (including phenoxy) is 1. The maximum atomic E-state index is 11.9. The SMILES string of the molecule is NC1=N[C@H]2[C@H](COC(=O)NCCCCCC(=O)O)N=C(N)N3CCC(O)(O)[C@]23N1. The number of unbranched alkanes of at least 4 members (excludes halogenated alkanes) is 2. The van der Waals surface area contributed by atoms with E-state index in [1.807, 2.05) is 0 Å². The van der Waals surface area contributed by atoms with E-state index in [1.54, 1.807) is 0 Å². The number of carbonyl (C=O) groups excluding carboxylic acids is 1. The molecule has 162 valence electrons. The Morgan fingerprint density at radius 2 is 2.03 bits per heavy atom. The van der Waals surface area contributed by atoms with Crippen molar-refractivity contribution in [3.63, 3.8) is 0 Å². The highest BCUT2D eigenvalue weighted by molar-refractivity contribution is 5.87. The van der Waals surface area contributed by atoms with Crippen molar-refractivity contribution in [2.75, 3.05) is 19.7 Å². The summed E-state index contributed by atoms with van der Waals surface area (Å²) in [7, 11) is 0. The lowest BCUT2D eigenvalue weighted by Gasteiger charge is -2.48. The summed E-state index contributed by atoms with van der Waals surface area (Å²) < 4.78 is 5.20. The van der Waals surface area contributed by atoms with Crippen LogP contribution in [0.15, 0.2) is 9.98 Å². The van der Waals surface area contributed by atoms with Crippen LogP contribution < -0.4 is 22.1 Å². The zero-order valence-electron chi connectivity index (χ0n) is 15.9. The molecule has 0 aliphatic carbocycles. The van der Waals surface area contributed by atoms with Gasteiger partial charge in [-0.2, -0.15) is 0 Å². The van der Waals surface area contributed by atoms with Crippen LogP contribution in [-0.4, -0.2) is 87.4 Å². The summed E-state index contributed by atoms with van der Waals surface area (Å²) in [6.45, 7) is 0.420. The van der Waals surface area contributed by atoms with Gasteiger partial charge in [-0.3, -0.25) is 4.79 Å². The molecule has 0 saturated carbocycles. The van der Waals surface area contributed by atoms with Crippen LogP contribution in [0.25, 0.3) is 0 Å². The molecule has 0 aromatic rings. The van der Waals surface area contributed by atoms with Crippen LogP contribution >= 0.6 is 0 Å². The van der Waals surface area contributed by atoms with Gasteiger partial charge in [0.15, 0.2) is 17.6 Å². The van der Waals surface area contributed by atoms with Gasteiger partial charge in [0, 0.05) is 25.9 Å². The molecule has 1 fully saturated rings. The van der Waals surface area contributed by atoms with Gasteiger partial charge in [-0.1, -0.05) is 6.42 Å². The molecule has 1 saturated heterocycles. The molecule has 13 heteroatoms. The van der Waals surface area contributed by atoms with E-state index in [1.165, 1.54) is 4.90 Å². The quantitative estimate of drug-likeness (QED) is 0.163. The van der Waals surface area contributed by atoms with E-state index in [9.17, 15) is 19.8 Å². The summed E-state index contributed by atoms with van der Waals surface area (Å²) in [5.74, 6) is -2.90. The van der Waals surface area contributed by atoms with E-state index in [0.29, 0.717) is 25.8 Å². The highest BCUT2D eigenvalue weighted by Crippen LogP contribution is 2.44. The Morgan fingerprint density at radius 3 is 2.76 bits per heavy atom. The summed E-state index contributed by atoms with van der Waals surface area (Å²) >= 11 is 0. The Balaban J connectivity index is 1.55. The Bertz CT molecular complexity index is 727. The zero-order valence-corrected chi connectivity index (χ0v) is 15.9. The van der Waals surface area contributed by atoms with Crippen LogP contribution in [-0.2, 0) is 9.53 Å². The maximum Gasteiger partial charge on any atom is 0.407 e. The van der Waals surface area contributed by atoms with Crippen molar-refractivity contribution in [2.24, 2.45) is 21.5 Å². The van der Waals surface area contributed by atoms with Crippen molar-refractivity contribution in [2.45, 2.75) is 55.6 Å². The van der Waals surface area contributed by atoms with Crippen LogP contribution in [0.3, 0.4) is 0 Å². The molecule has 0 bridgehead atoms. The van der Waals surface area contributed by atoms with Crippen LogP contribution in [0.5, 0.6) is 0 Å². The first kappa shape index (κ1) is 20.9. The number of carbonyl (C=O) groups is 2. The normalized spacial score (nSPS) is 29.2. The largest absolute Gasteiger partial charge is 0.481 e. The number of amides is 1. The minimum atomic E-state index is -2.15. The minimum absolute atomic E-state index is 0.0193. The monoisotopic (exact) mass is 413 g/mol. The average Bonchev–Trinajstić information content (AvgIpc) is 3.12. The molecule has 29 heavy (non-hydrogen) atoms. The fourth-order valence-corrected chi connectivity index (χ4v) is 4.04. The Kier molecular flexibility index (Phi) is 5.71. The lowest BCUT2D eigenvalue weighted by atomic mass is 9.87. The lowest BCUT2D eigenvalue weighted by Crippen LogP contribution is -2.76. The van der Waals surface area contributed by atoms with E-state index >= 15 is 0 Å². The molecule has 3 aliphatic rings. The molecule has 3 rings (SSSR count). The molecular weight excluding hydrogens is 386 g/mol. The third kappa shape index (κ3) is 3.87. The highest BCUT2D eigenvalue weighted by atomic mass is 16.5. The summed E-state index contributed by atoms with van der Waals surface area (Å²) in [4.78, 5) is 32.4. The smallest absolute Gasteiger partial charge is 0.407 e.